The van der Waals surface area contributed by atoms with Gasteiger partial charge in [0.05, 0.1) is 17.7 Å². The van der Waals surface area contributed by atoms with Crippen LogP contribution < -0.4 is 11.1 Å². The molecule has 1 aromatic carbocycles. The zero-order valence-corrected chi connectivity index (χ0v) is 9.29. The highest BCUT2D eigenvalue weighted by molar-refractivity contribution is 5.62. The Kier molecular flexibility index (Phi) is 2.71. The van der Waals surface area contributed by atoms with Gasteiger partial charge in [-0.05, 0) is 31.5 Å². The third-order valence-corrected chi connectivity index (χ3v) is 2.84. The molecule has 0 aliphatic carbocycles. The minimum Gasteiger partial charge on any atom is -0.398 e. The molecular weight excluding hydrogens is 202 g/mol. The Morgan fingerprint density at radius 1 is 1.56 bits per heavy atom. The maximum atomic E-state index is 8.89. The SMILES string of the molecule is CC1(Nc2ccc(N)c(C#N)c2)CCOC1. The van der Waals surface area contributed by atoms with Gasteiger partial charge in [-0.15, -0.1) is 0 Å². The molecule has 0 radical (unpaired) electrons. The fourth-order valence-electron chi connectivity index (χ4n) is 1.84. The molecule has 1 aromatic rings. The van der Waals surface area contributed by atoms with Crippen molar-refractivity contribution in [1.82, 2.24) is 0 Å². The number of benzene rings is 1. The molecule has 4 heteroatoms. The molecule has 1 aliphatic heterocycles. The molecule has 2 rings (SSSR count). The van der Waals surface area contributed by atoms with E-state index < -0.39 is 0 Å². The van der Waals surface area contributed by atoms with Crippen LogP contribution in [0, 0.1) is 11.3 Å². The van der Waals surface area contributed by atoms with Crippen LogP contribution in [0.2, 0.25) is 0 Å². The fourth-order valence-corrected chi connectivity index (χ4v) is 1.84. The van der Waals surface area contributed by atoms with Gasteiger partial charge in [0.25, 0.3) is 0 Å². The Labute approximate surface area is 95.0 Å². The minimum absolute atomic E-state index is 0.0388. The van der Waals surface area contributed by atoms with Crippen LogP contribution in [0.15, 0.2) is 18.2 Å². The largest absolute Gasteiger partial charge is 0.398 e. The first-order valence-corrected chi connectivity index (χ1v) is 5.28. The maximum absolute atomic E-state index is 8.89. The molecule has 0 bridgehead atoms. The Morgan fingerprint density at radius 2 is 2.38 bits per heavy atom. The highest BCUT2D eigenvalue weighted by Crippen LogP contribution is 2.25. The van der Waals surface area contributed by atoms with Crippen molar-refractivity contribution in [2.45, 2.75) is 18.9 Å². The minimum atomic E-state index is -0.0388. The summed E-state index contributed by atoms with van der Waals surface area (Å²) in [6, 6.07) is 7.49. The molecule has 4 nitrogen and oxygen atoms in total. The van der Waals surface area contributed by atoms with Crippen LogP contribution in [0.4, 0.5) is 11.4 Å². The van der Waals surface area contributed by atoms with E-state index in [1.165, 1.54) is 0 Å². The smallest absolute Gasteiger partial charge is 0.101 e. The summed E-state index contributed by atoms with van der Waals surface area (Å²) < 4.78 is 5.36. The van der Waals surface area contributed by atoms with Crippen molar-refractivity contribution in [3.8, 4) is 6.07 Å². The van der Waals surface area contributed by atoms with Gasteiger partial charge in [-0.25, -0.2) is 0 Å². The lowest BCUT2D eigenvalue weighted by molar-refractivity contribution is 0.185. The standard InChI is InChI=1S/C12H15N3O/c1-12(4-5-16-8-12)15-10-2-3-11(14)9(6-10)7-13/h2-3,6,15H,4-5,8,14H2,1H3. The Morgan fingerprint density at radius 3 is 3.00 bits per heavy atom. The monoisotopic (exact) mass is 217 g/mol. The topological polar surface area (TPSA) is 71.1 Å². The van der Waals surface area contributed by atoms with Crippen molar-refractivity contribution in [2.75, 3.05) is 24.3 Å². The third-order valence-electron chi connectivity index (χ3n) is 2.84. The van der Waals surface area contributed by atoms with E-state index in [2.05, 4.69) is 18.3 Å². The first-order chi connectivity index (χ1) is 7.63. The summed E-state index contributed by atoms with van der Waals surface area (Å²) in [6.45, 7) is 3.59. The van der Waals surface area contributed by atoms with Crippen molar-refractivity contribution >= 4 is 11.4 Å². The second kappa shape index (κ2) is 4.03. The number of ether oxygens (including phenoxy) is 1. The van der Waals surface area contributed by atoms with Gasteiger partial charge < -0.3 is 15.8 Å². The summed E-state index contributed by atoms with van der Waals surface area (Å²) in [5.74, 6) is 0. The molecule has 0 spiro atoms. The average Bonchev–Trinajstić information content (AvgIpc) is 2.68. The van der Waals surface area contributed by atoms with Gasteiger partial charge in [0.1, 0.15) is 6.07 Å². The first-order valence-electron chi connectivity index (χ1n) is 5.28. The van der Waals surface area contributed by atoms with E-state index in [4.69, 9.17) is 15.7 Å². The lowest BCUT2D eigenvalue weighted by Gasteiger charge is -2.25. The zero-order chi connectivity index (χ0) is 11.6. The second-order valence-electron chi connectivity index (χ2n) is 4.40. The predicted octanol–water partition coefficient (Wildman–Crippen LogP) is 1.73. The van der Waals surface area contributed by atoms with Crippen LogP contribution in [0.5, 0.6) is 0 Å². The molecule has 1 fully saturated rings. The molecule has 1 aliphatic rings. The number of hydrogen-bond donors (Lipinski definition) is 2. The first kappa shape index (κ1) is 10.8. The third kappa shape index (κ3) is 2.10. The predicted molar refractivity (Wildman–Crippen MR) is 63.0 cm³/mol. The van der Waals surface area contributed by atoms with Gasteiger partial charge in [-0.1, -0.05) is 0 Å². The van der Waals surface area contributed by atoms with Crippen LogP contribution in [0.1, 0.15) is 18.9 Å². The highest BCUT2D eigenvalue weighted by Gasteiger charge is 2.29. The molecular formula is C12H15N3O. The number of hydrogen-bond acceptors (Lipinski definition) is 4. The highest BCUT2D eigenvalue weighted by atomic mass is 16.5. The quantitative estimate of drug-likeness (QED) is 0.740. The summed E-state index contributed by atoms with van der Waals surface area (Å²) in [4.78, 5) is 0. The van der Waals surface area contributed by atoms with Crippen LogP contribution in [-0.2, 0) is 4.74 Å². The molecule has 0 aromatic heterocycles. The Balaban J connectivity index is 2.19. The molecule has 0 saturated carbocycles. The van der Waals surface area contributed by atoms with Gasteiger partial charge in [0, 0.05) is 18.0 Å². The lowest BCUT2D eigenvalue weighted by Crippen LogP contribution is -2.34. The van der Waals surface area contributed by atoms with E-state index in [-0.39, 0.29) is 5.54 Å². The van der Waals surface area contributed by atoms with Gasteiger partial charge in [-0.2, -0.15) is 5.26 Å². The Bertz CT molecular complexity index is 430. The molecule has 16 heavy (non-hydrogen) atoms. The molecule has 3 N–H and O–H groups in total. The Hall–Kier alpha value is -1.73. The molecule has 1 atom stereocenters. The normalized spacial score (nSPS) is 24.0. The van der Waals surface area contributed by atoms with E-state index in [0.717, 1.165) is 18.7 Å². The molecule has 1 unspecified atom stereocenters. The van der Waals surface area contributed by atoms with E-state index in [9.17, 15) is 0 Å². The van der Waals surface area contributed by atoms with Crippen LogP contribution >= 0.6 is 0 Å². The molecule has 0 amide bonds. The van der Waals surface area contributed by atoms with E-state index >= 15 is 0 Å². The van der Waals surface area contributed by atoms with Gasteiger partial charge >= 0.3 is 0 Å². The zero-order valence-electron chi connectivity index (χ0n) is 9.29. The molecule has 1 saturated heterocycles. The summed E-state index contributed by atoms with van der Waals surface area (Å²) in [7, 11) is 0. The number of nitrogens with zero attached hydrogens (tertiary/aromatic N) is 1. The second-order valence-corrected chi connectivity index (χ2v) is 4.40. The molecule has 84 valence electrons. The van der Waals surface area contributed by atoms with Crippen LogP contribution in [0.25, 0.3) is 0 Å². The summed E-state index contributed by atoms with van der Waals surface area (Å²) >= 11 is 0. The van der Waals surface area contributed by atoms with Crippen molar-refractivity contribution < 1.29 is 4.74 Å². The number of rotatable bonds is 2. The molecule has 1 heterocycles. The summed E-state index contributed by atoms with van der Waals surface area (Å²) in [6.07, 6.45) is 0.971. The van der Waals surface area contributed by atoms with E-state index in [0.29, 0.717) is 17.9 Å². The maximum Gasteiger partial charge on any atom is 0.101 e. The van der Waals surface area contributed by atoms with Crippen molar-refractivity contribution in [2.24, 2.45) is 0 Å². The average molecular weight is 217 g/mol. The van der Waals surface area contributed by atoms with E-state index in [1.54, 1.807) is 12.1 Å². The fraction of sp³-hybridized carbons (Fsp3) is 0.417. The van der Waals surface area contributed by atoms with Crippen molar-refractivity contribution in [3.05, 3.63) is 23.8 Å². The van der Waals surface area contributed by atoms with Gasteiger partial charge in [0.2, 0.25) is 0 Å². The van der Waals surface area contributed by atoms with Crippen LogP contribution in [-0.4, -0.2) is 18.8 Å². The van der Waals surface area contributed by atoms with Crippen molar-refractivity contribution in [1.29, 1.82) is 5.26 Å². The number of nitrogen functional groups attached to an aromatic ring is 1. The van der Waals surface area contributed by atoms with Crippen LogP contribution in [0.3, 0.4) is 0 Å². The summed E-state index contributed by atoms with van der Waals surface area (Å²) in [5, 5.41) is 12.3. The number of anilines is 2. The van der Waals surface area contributed by atoms with Gasteiger partial charge in [-0.3, -0.25) is 0 Å². The number of nitrogens with one attached hydrogen (secondary N) is 1. The van der Waals surface area contributed by atoms with Crippen molar-refractivity contribution in [3.63, 3.8) is 0 Å². The summed E-state index contributed by atoms with van der Waals surface area (Å²) in [5.41, 5.74) is 7.56. The number of nitrogens with two attached hydrogens (primary N) is 1. The number of nitriles is 1. The lowest BCUT2D eigenvalue weighted by atomic mass is 10.0. The van der Waals surface area contributed by atoms with E-state index in [1.807, 2.05) is 6.07 Å². The van der Waals surface area contributed by atoms with Gasteiger partial charge in [0.15, 0.2) is 0 Å².